The molecule has 0 radical (unpaired) electrons. The van der Waals surface area contributed by atoms with Crippen LogP contribution in [0.2, 0.25) is 5.02 Å². The second kappa shape index (κ2) is 9.44. The summed E-state index contributed by atoms with van der Waals surface area (Å²) in [5.41, 5.74) is 10.9. The van der Waals surface area contributed by atoms with E-state index >= 15 is 0 Å². The Labute approximate surface area is 146 Å². The average molecular weight is 366 g/mol. The molecule has 0 heterocycles. The molecule has 0 spiro atoms. The lowest BCUT2D eigenvalue weighted by atomic mass is 10.1. The first-order valence-electron chi connectivity index (χ1n) is 6.57. The molecule has 1 aromatic carbocycles. The molecule has 23 heavy (non-hydrogen) atoms. The second-order valence-electron chi connectivity index (χ2n) is 4.75. The zero-order valence-corrected chi connectivity index (χ0v) is 14.7. The highest BCUT2D eigenvalue weighted by molar-refractivity contribution is 6.32. The van der Waals surface area contributed by atoms with Gasteiger partial charge in [0.25, 0.3) is 11.8 Å². The lowest BCUT2D eigenvalue weighted by molar-refractivity contribution is -0.119. The number of likely N-dealkylation sites (N-methyl/N-ethyl adjacent to an activating group) is 1. The van der Waals surface area contributed by atoms with Crippen LogP contribution in [-0.4, -0.2) is 50.1 Å². The zero-order valence-electron chi connectivity index (χ0n) is 13.2. The van der Waals surface area contributed by atoms with E-state index in [4.69, 9.17) is 32.5 Å². The summed E-state index contributed by atoms with van der Waals surface area (Å²) in [6.45, 7) is 1.83. The number of benzene rings is 1. The third-order valence-corrected chi connectivity index (χ3v) is 3.44. The number of hydrogen-bond acceptors (Lipinski definition) is 5. The molecule has 2 amide bonds. The summed E-state index contributed by atoms with van der Waals surface area (Å²) in [5, 5.41) is 0.151. The van der Waals surface area contributed by atoms with Gasteiger partial charge in [-0.1, -0.05) is 11.6 Å². The van der Waals surface area contributed by atoms with E-state index in [2.05, 4.69) is 0 Å². The van der Waals surface area contributed by atoms with Gasteiger partial charge in [0.15, 0.2) is 18.1 Å². The number of halogens is 2. The van der Waals surface area contributed by atoms with Crippen LogP contribution in [0.5, 0.6) is 11.5 Å². The van der Waals surface area contributed by atoms with Crippen molar-refractivity contribution in [1.82, 2.24) is 4.90 Å². The van der Waals surface area contributed by atoms with Crippen molar-refractivity contribution in [3.63, 3.8) is 0 Å². The van der Waals surface area contributed by atoms with Crippen molar-refractivity contribution < 1.29 is 19.1 Å². The second-order valence-corrected chi connectivity index (χ2v) is 5.15. The van der Waals surface area contributed by atoms with Crippen LogP contribution in [0, 0.1) is 0 Å². The topological polar surface area (TPSA) is 108 Å². The van der Waals surface area contributed by atoms with Crippen molar-refractivity contribution in [2.75, 3.05) is 27.3 Å². The van der Waals surface area contributed by atoms with Crippen LogP contribution < -0.4 is 20.9 Å². The minimum atomic E-state index is -0.644. The molecular weight excluding hydrogens is 345 g/mol. The summed E-state index contributed by atoms with van der Waals surface area (Å²) in [6, 6.07) is 2.82. The maximum Gasteiger partial charge on any atom is 0.255 e. The molecule has 1 atom stereocenters. The Morgan fingerprint density at radius 3 is 2.48 bits per heavy atom. The number of amides is 2. The normalized spacial score (nSPS) is 11.2. The first-order chi connectivity index (χ1) is 10.3. The molecule has 0 saturated carbocycles. The molecule has 1 unspecified atom stereocenters. The molecule has 0 fully saturated rings. The summed E-state index contributed by atoms with van der Waals surface area (Å²) in [4.78, 5) is 24.7. The molecular formula is C14H21Cl2N3O4. The van der Waals surface area contributed by atoms with Crippen molar-refractivity contribution in [1.29, 1.82) is 0 Å². The molecule has 7 nitrogen and oxygen atoms in total. The van der Waals surface area contributed by atoms with Crippen LogP contribution in [0.15, 0.2) is 12.1 Å². The molecule has 0 saturated heterocycles. The number of rotatable bonds is 7. The van der Waals surface area contributed by atoms with E-state index in [1.807, 2.05) is 6.92 Å². The fraction of sp³-hybridized carbons (Fsp3) is 0.429. The number of ether oxygens (including phenoxy) is 2. The van der Waals surface area contributed by atoms with Gasteiger partial charge in [-0.3, -0.25) is 9.59 Å². The van der Waals surface area contributed by atoms with Crippen LogP contribution in [0.25, 0.3) is 0 Å². The van der Waals surface area contributed by atoms with E-state index < -0.39 is 5.91 Å². The van der Waals surface area contributed by atoms with Gasteiger partial charge in [-0.15, -0.1) is 12.4 Å². The van der Waals surface area contributed by atoms with Gasteiger partial charge < -0.3 is 25.8 Å². The molecule has 0 aliphatic heterocycles. The van der Waals surface area contributed by atoms with Gasteiger partial charge in [0, 0.05) is 25.2 Å². The standard InChI is InChI=1S/C14H20ClN3O4.ClH/c1-8(6-16)18(2)14(20)9-4-10(15)13(11(5-9)21-3)22-7-12(17)19;/h4-5,8H,6-7,16H2,1-3H3,(H2,17,19);1H. The maximum atomic E-state index is 12.4. The Bertz CT molecular complexity index is 569. The molecule has 0 aliphatic rings. The van der Waals surface area contributed by atoms with E-state index in [0.717, 1.165) is 0 Å². The minimum absolute atomic E-state index is 0. The molecule has 4 N–H and O–H groups in total. The third kappa shape index (κ3) is 5.46. The van der Waals surface area contributed by atoms with Crippen molar-refractivity contribution in [3.05, 3.63) is 22.7 Å². The highest BCUT2D eigenvalue weighted by Gasteiger charge is 2.21. The van der Waals surface area contributed by atoms with E-state index in [-0.39, 0.29) is 47.5 Å². The lowest BCUT2D eigenvalue weighted by Gasteiger charge is -2.24. The minimum Gasteiger partial charge on any atom is -0.493 e. The Kier molecular flexibility index (Phi) is 8.74. The zero-order chi connectivity index (χ0) is 16.9. The Morgan fingerprint density at radius 2 is 2.00 bits per heavy atom. The van der Waals surface area contributed by atoms with Crippen LogP contribution >= 0.6 is 24.0 Å². The SMILES string of the molecule is COc1cc(C(=O)N(C)C(C)CN)cc(Cl)c1OCC(N)=O.Cl. The third-order valence-electron chi connectivity index (χ3n) is 3.16. The molecule has 130 valence electrons. The number of nitrogens with two attached hydrogens (primary N) is 2. The number of carbonyl (C=O) groups is 2. The molecule has 9 heteroatoms. The summed E-state index contributed by atoms with van der Waals surface area (Å²) in [7, 11) is 3.06. The fourth-order valence-electron chi connectivity index (χ4n) is 1.69. The van der Waals surface area contributed by atoms with Crippen molar-refractivity contribution in [2.45, 2.75) is 13.0 Å². The Balaban J connectivity index is 0.00000484. The number of carbonyl (C=O) groups excluding carboxylic acids is 2. The smallest absolute Gasteiger partial charge is 0.255 e. The predicted molar refractivity (Wildman–Crippen MR) is 90.6 cm³/mol. The number of primary amides is 1. The largest absolute Gasteiger partial charge is 0.493 e. The Hall–Kier alpha value is -1.70. The van der Waals surface area contributed by atoms with Gasteiger partial charge in [0.2, 0.25) is 0 Å². The van der Waals surface area contributed by atoms with Crippen LogP contribution in [0.4, 0.5) is 0 Å². The predicted octanol–water partition coefficient (Wildman–Crippen LogP) is 1.05. The summed E-state index contributed by atoms with van der Waals surface area (Å²) in [5.74, 6) is -0.491. The highest BCUT2D eigenvalue weighted by Crippen LogP contribution is 2.36. The van der Waals surface area contributed by atoms with Gasteiger partial charge in [0.05, 0.1) is 12.1 Å². The molecule has 1 aromatic rings. The lowest BCUT2D eigenvalue weighted by Crippen LogP contribution is -2.39. The first kappa shape index (κ1) is 21.3. The Morgan fingerprint density at radius 1 is 1.39 bits per heavy atom. The van der Waals surface area contributed by atoms with Crippen molar-refractivity contribution in [2.24, 2.45) is 11.5 Å². The van der Waals surface area contributed by atoms with Crippen molar-refractivity contribution in [3.8, 4) is 11.5 Å². The van der Waals surface area contributed by atoms with Gasteiger partial charge in [-0.2, -0.15) is 0 Å². The van der Waals surface area contributed by atoms with Gasteiger partial charge >= 0.3 is 0 Å². The summed E-state index contributed by atoms with van der Waals surface area (Å²) >= 11 is 6.11. The van der Waals surface area contributed by atoms with Crippen molar-refractivity contribution >= 4 is 35.8 Å². The molecule has 0 aliphatic carbocycles. The van der Waals surface area contributed by atoms with Crippen LogP contribution in [-0.2, 0) is 4.79 Å². The summed E-state index contributed by atoms with van der Waals surface area (Å²) in [6.07, 6.45) is 0. The van der Waals surface area contributed by atoms with Gasteiger partial charge in [0.1, 0.15) is 0 Å². The molecule has 1 rings (SSSR count). The highest BCUT2D eigenvalue weighted by atomic mass is 35.5. The summed E-state index contributed by atoms with van der Waals surface area (Å²) < 4.78 is 10.4. The number of nitrogens with zero attached hydrogens (tertiary/aromatic N) is 1. The maximum absolute atomic E-state index is 12.4. The molecule has 0 bridgehead atoms. The average Bonchev–Trinajstić information content (AvgIpc) is 2.50. The van der Waals surface area contributed by atoms with Gasteiger partial charge in [-0.05, 0) is 19.1 Å². The van der Waals surface area contributed by atoms with Gasteiger partial charge in [-0.25, -0.2) is 0 Å². The van der Waals surface area contributed by atoms with E-state index in [1.165, 1.54) is 24.1 Å². The monoisotopic (exact) mass is 365 g/mol. The first-order valence-corrected chi connectivity index (χ1v) is 6.95. The van der Waals surface area contributed by atoms with Crippen LogP contribution in [0.1, 0.15) is 17.3 Å². The quantitative estimate of drug-likeness (QED) is 0.750. The van der Waals surface area contributed by atoms with E-state index in [1.54, 1.807) is 7.05 Å². The van der Waals surface area contributed by atoms with E-state index in [9.17, 15) is 9.59 Å². The van der Waals surface area contributed by atoms with E-state index in [0.29, 0.717) is 12.1 Å². The fourth-order valence-corrected chi connectivity index (χ4v) is 1.95. The van der Waals surface area contributed by atoms with Crippen LogP contribution in [0.3, 0.4) is 0 Å². The number of hydrogen-bond donors (Lipinski definition) is 2. The molecule has 0 aromatic heterocycles. The number of methoxy groups -OCH3 is 1.